The Morgan fingerprint density at radius 1 is 1.10 bits per heavy atom. The number of hydrogen-bond donors (Lipinski definition) is 0. The maximum Gasteiger partial charge on any atom is 0.277 e. The number of nitrogens with zero attached hydrogens (tertiary/aromatic N) is 6. The van der Waals surface area contributed by atoms with Gasteiger partial charge in [0.25, 0.3) is 10.0 Å². The SMILES string of the molecule is CN(C1CN(c2ncnc(-c3ccc(F)cc3)c2F)C1)S(=O)(=O)c1nccn1C. The second kappa shape index (κ2) is 7.16. The molecule has 1 aliphatic rings. The van der Waals surface area contributed by atoms with Crippen molar-refractivity contribution in [1.82, 2.24) is 23.8 Å². The van der Waals surface area contributed by atoms with Crippen molar-refractivity contribution in [2.45, 2.75) is 11.2 Å². The summed E-state index contributed by atoms with van der Waals surface area (Å²) in [6, 6.07) is 4.99. The van der Waals surface area contributed by atoms with Gasteiger partial charge in [-0.3, -0.25) is 0 Å². The summed E-state index contributed by atoms with van der Waals surface area (Å²) in [4.78, 5) is 13.5. The third-order valence-corrected chi connectivity index (χ3v) is 6.86. The van der Waals surface area contributed by atoms with E-state index < -0.39 is 21.7 Å². The lowest BCUT2D eigenvalue weighted by molar-refractivity contribution is 0.304. The van der Waals surface area contributed by atoms with E-state index in [1.165, 1.54) is 52.7 Å². The number of rotatable bonds is 5. The molecule has 152 valence electrons. The van der Waals surface area contributed by atoms with E-state index in [0.717, 1.165) is 0 Å². The number of imidazole rings is 1. The number of hydrogen-bond acceptors (Lipinski definition) is 6. The minimum Gasteiger partial charge on any atom is -0.351 e. The standard InChI is InChI=1S/C18H18F2N6O2S/c1-24-8-7-21-18(24)29(27,28)25(2)14-9-26(10-14)17-15(20)16(22-11-23-17)12-3-5-13(19)6-4-12/h3-8,11,14H,9-10H2,1-2H3. The van der Waals surface area contributed by atoms with Gasteiger partial charge in [-0.2, -0.15) is 4.31 Å². The fourth-order valence-corrected chi connectivity index (χ4v) is 4.58. The number of aromatic nitrogens is 4. The molecule has 0 unspecified atom stereocenters. The van der Waals surface area contributed by atoms with Crippen molar-refractivity contribution in [2.24, 2.45) is 7.05 Å². The van der Waals surface area contributed by atoms with Gasteiger partial charge in [0.2, 0.25) is 5.16 Å². The number of halogens is 2. The number of anilines is 1. The Morgan fingerprint density at radius 2 is 1.79 bits per heavy atom. The van der Waals surface area contributed by atoms with Crippen molar-refractivity contribution in [2.75, 3.05) is 25.0 Å². The summed E-state index contributed by atoms with van der Waals surface area (Å²) in [6.07, 6.45) is 4.21. The molecule has 0 saturated carbocycles. The molecule has 29 heavy (non-hydrogen) atoms. The Balaban J connectivity index is 1.52. The highest BCUT2D eigenvalue weighted by molar-refractivity contribution is 7.89. The zero-order chi connectivity index (χ0) is 20.8. The van der Waals surface area contributed by atoms with Gasteiger partial charge < -0.3 is 9.47 Å². The lowest BCUT2D eigenvalue weighted by Crippen LogP contribution is -2.60. The Morgan fingerprint density at radius 3 is 2.41 bits per heavy atom. The van der Waals surface area contributed by atoms with Crippen molar-refractivity contribution < 1.29 is 17.2 Å². The van der Waals surface area contributed by atoms with E-state index in [-0.39, 0.29) is 35.8 Å². The summed E-state index contributed by atoms with van der Waals surface area (Å²) < 4.78 is 56.2. The molecule has 1 aliphatic heterocycles. The largest absolute Gasteiger partial charge is 0.351 e. The first-order chi connectivity index (χ1) is 13.8. The molecular weight excluding hydrogens is 402 g/mol. The van der Waals surface area contributed by atoms with E-state index in [9.17, 15) is 17.2 Å². The summed E-state index contributed by atoms with van der Waals surface area (Å²) in [7, 11) is -0.677. The Bertz CT molecular complexity index is 1140. The number of likely N-dealkylation sites (N-methyl/N-ethyl adjacent to an activating group) is 1. The zero-order valence-electron chi connectivity index (χ0n) is 15.7. The predicted octanol–water partition coefficient (Wildman–Crippen LogP) is 1.66. The maximum absolute atomic E-state index is 15.0. The average molecular weight is 420 g/mol. The van der Waals surface area contributed by atoms with Crippen LogP contribution in [-0.2, 0) is 17.1 Å². The van der Waals surface area contributed by atoms with Crippen LogP contribution in [0, 0.1) is 11.6 Å². The maximum atomic E-state index is 15.0. The second-order valence-corrected chi connectivity index (χ2v) is 8.66. The fraction of sp³-hybridized carbons (Fsp3) is 0.278. The zero-order valence-corrected chi connectivity index (χ0v) is 16.5. The van der Waals surface area contributed by atoms with Crippen molar-refractivity contribution in [3.05, 3.63) is 54.6 Å². The summed E-state index contributed by atoms with van der Waals surface area (Å²) >= 11 is 0. The molecule has 8 nitrogen and oxygen atoms in total. The van der Waals surface area contributed by atoms with Crippen LogP contribution >= 0.6 is 0 Å². The van der Waals surface area contributed by atoms with Crippen LogP contribution in [0.3, 0.4) is 0 Å². The third kappa shape index (κ3) is 3.36. The molecule has 0 radical (unpaired) electrons. The van der Waals surface area contributed by atoms with Gasteiger partial charge in [-0.1, -0.05) is 0 Å². The molecule has 0 spiro atoms. The molecule has 0 aliphatic carbocycles. The lowest BCUT2D eigenvalue weighted by atomic mass is 10.1. The Hall–Kier alpha value is -2.92. The van der Waals surface area contributed by atoms with Crippen LogP contribution < -0.4 is 4.90 Å². The van der Waals surface area contributed by atoms with Gasteiger partial charge in [-0.15, -0.1) is 0 Å². The highest BCUT2D eigenvalue weighted by atomic mass is 32.2. The molecule has 2 aromatic heterocycles. The van der Waals surface area contributed by atoms with Gasteiger partial charge in [-0.05, 0) is 24.3 Å². The summed E-state index contributed by atoms with van der Waals surface area (Å²) in [6.45, 7) is 0.549. The first kappa shape index (κ1) is 19.4. The van der Waals surface area contributed by atoms with Crippen LogP contribution in [-0.4, -0.2) is 58.4 Å². The van der Waals surface area contributed by atoms with Gasteiger partial charge in [-0.25, -0.2) is 32.2 Å². The van der Waals surface area contributed by atoms with Crippen molar-refractivity contribution in [1.29, 1.82) is 0 Å². The first-order valence-corrected chi connectivity index (χ1v) is 10.2. The minimum absolute atomic E-state index is 0.0507. The first-order valence-electron chi connectivity index (χ1n) is 8.76. The normalized spacial score (nSPS) is 15.0. The quantitative estimate of drug-likeness (QED) is 0.624. The predicted molar refractivity (Wildman–Crippen MR) is 102 cm³/mol. The van der Waals surface area contributed by atoms with Crippen LogP contribution in [0.5, 0.6) is 0 Å². The third-order valence-electron chi connectivity index (χ3n) is 4.95. The van der Waals surface area contributed by atoms with Crippen LogP contribution in [0.2, 0.25) is 0 Å². The number of benzene rings is 1. The molecule has 0 N–H and O–H groups in total. The Kier molecular flexibility index (Phi) is 4.79. The van der Waals surface area contributed by atoms with E-state index >= 15 is 0 Å². The van der Waals surface area contributed by atoms with Gasteiger partial charge >= 0.3 is 0 Å². The molecule has 1 aromatic carbocycles. The molecule has 3 heterocycles. The molecule has 3 aromatic rings. The molecule has 11 heteroatoms. The van der Waals surface area contributed by atoms with Crippen LogP contribution in [0.15, 0.2) is 48.1 Å². The molecule has 1 saturated heterocycles. The smallest absolute Gasteiger partial charge is 0.277 e. The van der Waals surface area contributed by atoms with E-state index in [0.29, 0.717) is 5.56 Å². The van der Waals surface area contributed by atoms with Gasteiger partial charge in [0, 0.05) is 45.1 Å². The van der Waals surface area contributed by atoms with E-state index in [1.54, 1.807) is 18.1 Å². The van der Waals surface area contributed by atoms with Crippen LogP contribution in [0.25, 0.3) is 11.3 Å². The summed E-state index contributed by atoms with van der Waals surface area (Å²) in [5, 5.41) is -0.0507. The summed E-state index contributed by atoms with van der Waals surface area (Å²) in [5.41, 5.74) is 0.492. The van der Waals surface area contributed by atoms with E-state index in [2.05, 4.69) is 15.0 Å². The molecule has 0 amide bonds. The minimum atomic E-state index is -3.76. The summed E-state index contributed by atoms with van der Waals surface area (Å²) in [5.74, 6) is -0.975. The lowest BCUT2D eigenvalue weighted by Gasteiger charge is -2.43. The van der Waals surface area contributed by atoms with Crippen molar-refractivity contribution >= 4 is 15.8 Å². The average Bonchev–Trinajstić information content (AvgIpc) is 3.09. The topological polar surface area (TPSA) is 84.2 Å². The molecule has 0 bridgehead atoms. The van der Waals surface area contributed by atoms with E-state index in [4.69, 9.17) is 0 Å². The Labute approximate surface area is 166 Å². The van der Waals surface area contributed by atoms with Crippen molar-refractivity contribution in [3.63, 3.8) is 0 Å². The number of sulfonamides is 1. The van der Waals surface area contributed by atoms with Gasteiger partial charge in [0.15, 0.2) is 11.6 Å². The van der Waals surface area contributed by atoms with E-state index in [1.807, 2.05) is 0 Å². The van der Waals surface area contributed by atoms with Crippen molar-refractivity contribution in [3.8, 4) is 11.3 Å². The fourth-order valence-electron chi connectivity index (χ4n) is 3.17. The molecular formula is C18H18F2N6O2S. The van der Waals surface area contributed by atoms with Gasteiger partial charge in [0.1, 0.15) is 17.8 Å². The van der Waals surface area contributed by atoms with Gasteiger partial charge in [0.05, 0.1) is 6.04 Å². The van der Waals surface area contributed by atoms with Crippen LogP contribution in [0.4, 0.5) is 14.6 Å². The highest BCUT2D eigenvalue weighted by Crippen LogP contribution is 2.30. The molecule has 1 fully saturated rings. The number of aryl methyl sites for hydroxylation is 1. The molecule has 4 rings (SSSR count). The highest BCUT2D eigenvalue weighted by Gasteiger charge is 2.39. The molecule has 0 atom stereocenters. The van der Waals surface area contributed by atoms with Crippen LogP contribution in [0.1, 0.15) is 0 Å². The monoisotopic (exact) mass is 420 g/mol. The second-order valence-electron chi connectivity index (χ2n) is 6.77.